The molecule has 1 aliphatic heterocycles. The summed E-state index contributed by atoms with van der Waals surface area (Å²) in [6.07, 6.45) is 1.80. The molecular formula is C30H22ClN5O3. The zero-order valence-electron chi connectivity index (χ0n) is 20.6. The standard InChI is InChI=1S/C30H22ClN5O3/c31-23-11-12-24-25(16-23)34-29(38)26(15-20-4-3-5-21(14-20)17-32)36(30(24)39)18-19-7-9-22(10-8-19)28(37)35-27-6-1-2-13-33-27/h1-14,16,26H,15,18H2,(H,34,38)(H,33,35,37). The summed E-state index contributed by atoms with van der Waals surface area (Å²) in [6.45, 7) is 0.124. The van der Waals surface area contributed by atoms with E-state index in [9.17, 15) is 19.6 Å². The van der Waals surface area contributed by atoms with Crippen molar-refractivity contribution in [3.05, 3.63) is 124 Å². The molecule has 1 aliphatic rings. The molecule has 1 atom stereocenters. The first-order valence-corrected chi connectivity index (χ1v) is 12.5. The number of amides is 3. The van der Waals surface area contributed by atoms with Crippen molar-refractivity contribution in [3.63, 3.8) is 0 Å². The van der Waals surface area contributed by atoms with E-state index in [1.807, 2.05) is 6.07 Å². The van der Waals surface area contributed by atoms with Crippen molar-refractivity contribution in [1.29, 1.82) is 5.26 Å². The van der Waals surface area contributed by atoms with Crippen molar-refractivity contribution in [1.82, 2.24) is 9.88 Å². The third-order valence-electron chi connectivity index (χ3n) is 6.37. The van der Waals surface area contributed by atoms with E-state index in [0.717, 1.165) is 11.1 Å². The number of rotatable bonds is 6. The molecule has 0 saturated heterocycles. The maximum atomic E-state index is 13.8. The van der Waals surface area contributed by atoms with Gasteiger partial charge >= 0.3 is 0 Å². The van der Waals surface area contributed by atoms with Gasteiger partial charge in [0.15, 0.2) is 0 Å². The Bertz CT molecular complexity index is 1600. The summed E-state index contributed by atoms with van der Waals surface area (Å²) in [4.78, 5) is 45.4. The van der Waals surface area contributed by atoms with E-state index in [-0.39, 0.29) is 30.7 Å². The number of benzene rings is 3. The average molecular weight is 536 g/mol. The van der Waals surface area contributed by atoms with Gasteiger partial charge in [0.05, 0.1) is 22.9 Å². The van der Waals surface area contributed by atoms with Crippen LogP contribution in [-0.4, -0.2) is 33.6 Å². The van der Waals surface area contributed by atoms with Crippen molar-refractivity contribution < 1.29 is 14.4 Å². The monoisotopic (exact) mass is 535 g/mol. The van der Waals surface area contributed by atoms with Crippen molar-refractivity contribution in [2.75, 3.05) is 10.6 Å². The van der Waals surface area contributed by atoms with Crippen LogP contribution in [0.25, 0.3) is 0 Å². The second kappa shape index (κ2) is 11.2. The SMILES string of the molecule is N#Cc1cccc(CC2C(=O)Nc3cc(Cl)ccc3C(=O)N2Cc2ccc(C(=O)Nc3ccccn3)cc2)c1. The van der Waals surface area contributed by atoms with Crippen molar-refractivity contribution in [2.24, 2.45) is 0 Å². The van der Waals surface area contributed by atoms with Gasteiger partial charge in [-0.3, -0.25) is 14.4 Å². The lowest BCUT2D eigenvalue weighted by Crippen LogP contribution is -2.46. The second-order valence-electron chi connectivity index (χ2n) is 9.01. The van der Waals surface area contributed by atoms with Crippen LogP contribution in [0.1, 0.15) is 37.4 Å². The van der Waals surface area contributed by atoms with Crippen LogP contribution in [0.15, 0.2) is 91.1 Å². The van der Waals surface area contributed by atoms with Gasteiger partial charge in [-0.2, -0.15) is 5.26 Å². The molecule has 5 rings (SSSR count). The number of pyridine rings is 1. The molecule has 4 aromatic rings. The number of carbonyl (C=O) groups is 3. The van der Waals surface area contributed by atoms with E-state index in [1.165, 1.54) is 4.90 Å². The third kappa shape index (κ3) is 5.79. The topological polar surface area (TPSA) is 115 Å². The minimum Gasteiger partial charge on any atom is -0.323 e. The first kappa shape index (κ1) is 25.6. The molecule has 0 fully saturated rings. The zero-order chi connectivity index (χ0) is 27.4. The molecule has 0 bridgehead atoms. The molecular weight excluding hydrogens is 514 g/mol. The van der Waals surface area contributed by atoms with Crippen LogP contribution in [0.4, 0.5) is 11.5 Å². The number of halogens is 1. The molecule has 192 valence electrons. The lowest BCUT2D eigenvalue weighted by Gasteiger charge is -2.29. The molecule has 39 heavy (non-hydrogen) atoms. The number of hydrogen-bond acceptors (Lipinski definition) is 5. The summed E-state index contributed by atoms with van der Waals surface area (Å²) >= 11 is 6.14. The smallest absolute Gasteiger partial charge is 0.256 e. The second-order valence-corrected chi connectivity index (χ2v) is 9.45. The molecule has 1 unspecified atom stereocenters. The van der Waals surface area contributed by atoms with E-state index in [2.05, 4.69) is 21.7 Å². The fourth-order valence-electron chi connectivity index (χ4n) is 4.42. The Balaban J connectivity index is 1.43. The summed E-state index contributed by atoms with van der Waals surface area (Å²) in [5.41, 5.74) is 3.05. The fraction of sp³-hybridized carbons (Fsp3) is 0.100. The van der Waals surface area contributed by atoms with Crippen molar-refractivity contribution in [2.45, 2.75) is 19.0 Å². The minimum absolute atomic E-state index is 0.124. The van der Waals surface area contributed by atoms with Crippen LogP contribution in [-0.2, 0) is 17.8 Å². The normalized spacial score (nSPS) is 14.6. The van der Waals surface area contributed by atoms with E-state index in [0.29, 0.717) is 33.2 Å². The predicted octanol–water partition coefficient (Wildman–Crippen LogP) is 5.06. The lowest BCUT2D eigenvalue weighted by atomic mass is 10.0. The molecule has 0 aliphatic carbocycles. The Morgan fingerprint density at radius 1 is 1.00 bits per heavy atom. The molecule has 9 heteroatoms. The molecule has 0 spiro atoms. The van der Waals surface area contributed by atoms with Gasteiger partial charge in [0, 0.05) is 29.7 Å². The van der Waals surface area contributed by atoms with E-state index in [1.54, 1.807) is 85.1 Å². The third-order valence-corrected chi connectivity index (χ3v) is 6.61. The average Bonchev–Trinajstić information content (AvgIpc) is 3.03. The highest BCUT2D eigenvalue weighted by Gasteiger charge is 2.35. The maximum absolute atomic E-state index is 13.8. The van der Waals surface area contributed by atoms with Crippen molar-refractivity contribution >= 4 is 40.8 Å². The van der Waals surface area contributed by atoms with Crippen molar-refractivity contribution in [3.8, 4) is 6.07 Å². The Labute approximate surface area is 229 Å². The number of nitrogens with zero attached hydrogens (tertiary/aromatic N) is 3. The molecule has 0 saturated carbocycles. The molecule has 2 N–H and O–H groups in total. The van der Waals surface area contributed by atoms with Crippen LogP contribution in [0.2, 0.25) is 5.02 Å². The summed E-state index contributed by atoms with van der Waals surface area (Å²) < 4.78 is 0. The summed E-state index contributed by atoms with van der Waals surface area (Å²) in [5.74, 6) is -0.571. The first-order valence-electron chi connectivity index (χ1n) is 12.1. The number of carbonyl (C=O) groups excluding carboxylic acids is 3. The van der Waals surface area contributed by atoms with Crippen LogP contribution < -0.4 is 10.6 Å². The summed E-state index contributed by atoms with van der Waals surface area (Å²) in [7, 11) is 0. The van der Waals surface area contributed by atoms with E-state index in [4.69, 9.17) is 11.6 Å². The molecule has 1 aromatic heterocycles. The number of fused-ring (bicyclic) bond motifs is 1. The molecule has 2 heterocycles. The number of aromatic nitrogens is 1. The van der Waals surface area contributed by atoms with Gasteiger partial charge in [0.2, 0.25) is 5.91 Å². The number of nitrogens with one attached hydrogen (secondary N) is 2. The highest BCUT2D eigenvalue weighted by Crippen LogP contribution is 2.29. The molecule has 3 aromatic carbocycles. The Morgan fingerprint density at radius 3 is 2.56 bits per heavy atom. The van der Waals surface area contributed by atoms with Crippen LogP contribution >= 0.6 is 11.6 Å². The highest BCUT2D eigenvalue weighted by atomic mass is 35.5. The van der Waals surface area contributed by atoms with Crippen LogP contribution in [0.5, 0.6) is 0 Å². The fourth-order valence-corrected chi connectivity index (χ4v) is 4.59. The Kier molecular flexibility index (Phi) is 7.34. The minimum atomic E-state index is -0.857. The van der Waals surface area contributed by atoms with Crippen LogP contribution in [0.3, 0.4) is 0 Å². The van der Waals surface area contributed by atoms with Gasteiger partial charge < -0.3 is 15.5 Å². The van der Waals surface area contributed by atoms with Gasteiger partial charge in [-0.05, 0) is 65.7 Å². The van der Waals surface area contributed by atoms with Gasteiger partial charge in [-0.1, -0.05) is 41.9 Å². The maximum Gasteiger partial charge on any atom is 0.256 e. The number of nitriles is 1. The molecule has 0 radical (unpaired) electrons. The largest absolute Gasteiger partial charge is 0.323 e. The lowest BCUT2D eigenvalue weighted by molar-refractivity contribution is -0.120. The quantitative estimate of drug-likeness (QED) is 0.358. The first-order chi connectivity index (χ1) is 18.9. The van der Waals surface area contributed by atoms with Gasteiger partial charge in [-0.15, -0.1) is 0 Å². The number of anilines is 2. The Morgan fingerprint density at radius 2 is 1.82 bits per heavy atom. The van der Waals surface area contributed by atoms with E-state index >= 15 is 0 Å². The summed E-state index contributed by atoms with van der Waals surface area (Å²) in [5, 5.41) is 15.3. The van der Waals surface area contributed by atoms with Gasteiger partial charge in [-0.25, -0.2) is 4.98 Å². The zero-order valence-corrected chi connectivity index (χ0v) is 21.4. The van der Waals surface area contributed by atoms with Gasteiger partial charge in [0.25, 0.3) is 11.8 Å². The van der Waals surface area contributed by atoms with Gasteiger partial charge in [0.1, 0.15) is 11.9 Å². The Hall–Kier alpha value is -5.00. The molecule has 3 amide bonds. The highest BCUT2D eigenvalue weighted by molar-refractivity contribution is 6.31. The predicted molar refractivity (Wildman–Crippen MR) is 147 cm³/mol. The number of hydrogen-bond donors (Lipinski definition) is 2. The van der Waals surface area contributed by atoms with Crippen LogP contribution in [0, 0.1) is 11.3 Å². The van der Waals surface area contributed by atoms with E-state index < -0.39 is 6.04 Å². The molecule has 8 nitrogen and oxygen atoms in total. The summed E-state index contributed by atoms with van der Waals surface area (Å²) in [6, 6.07) is 25.0.